The lowest BCUT2D eigenvalue weighted by molar-refractivity contribution is -0.137. The van der Waals surface area contributed by atoms with Crippen molar-refractivity contribution < 1.29 is 18.3 Å². The van der Waals surface area contributed by atoms with Crippen molar-refractivity contribution in [3.05, 3.63) is 41.6 Å². The number of nitrogen functional groups attached to an aromatic ring is 1. The minimum Gasteiger partial charge on any atom is -0.507 e. The second-order valence-corrected chi connectivity index (χ2v) is 5.01. The van der Waals surface area contributed by atoms with Crippen molar-refractivity contribution in [1.29, 1.82) is 0 Å². The molecule has 0 saturated carbocycles. The summed E-state index contributed by atoms with van der Waals surface area (Å²) in [5.74, 6) is -0.431. The smallest absolute Gasteiger partial charge is 0.416 e. The third-order valence-electron chi connectivity index (χ3n) is 3.37. The average molecular weight is 320 g/mol. The van der Waals surface area contributed by atoms with E-state index in [1.54, 1.807) is 19.1 Å². The Kier molecular flexibility index (Phi) is 3.32. The fraction of sp³-hybridized carbons (Fsp3) is 0.133. The van der Waals surface area contributed by atoms with Gasteiger partial charge in [0.25, 0.3) is 0 Å². The number of fused-ring (bicyclic) bond motifs is 1. The maximum atomic E-state index is 12.7. The molecule has 1 aromatic carbocycles. The average Bonchev–Trinajstić information content (AvgIpc) is 2.48. The maximum absolute atomic E-state index is 12.7. The standard InChI is InChI=1S/C15H11F3N4O/c1-7-2-4-10-12(21-22-14(19)13(10)20-7)9-5-3-8(6-11(9)23)15(16,17)18/h2-6,23H,1H3,(H2,19,22). The summed E-state index contributed by atoms with van der Waals surface area (Å²) >= 11 is 0. The number of anilines is 1. The SMILES string of the molecule is Cc1ccc2c(-c3ccc(C(F)(F)F)cc3O)nnc(N)c2n1. The number of alkyl halides is 3. The van der Waals surface area contributed by atoms with E-state index in [-0.39, 0.29) is 17.1 Å². The lowest BCUT2D eigenvalue weighted by Gasteiger charge is -2.11. The van der Waals surface area contributed by atoms with Crippen molar-refractivity contribution in [3.63, 3.8) is 0 Å². The predicted molar refractivity (Wildman–Crippen MR) is 78.6 cm³/mol. The molecule has 3 aromatic rings. The molecule has 0 unspecified atom stereocenters. The quantitative estimate of drug-likeness (QED) is 0.718. The molecule has 5 nitrogen and oxygen atoms in total. The van der Waals surface area contributed by atoms with Gasteiger partial charge in [-0.15, -0.1) is 10.2 Å². The first-order chi connectivity index (χ1) is 10.8. The lowest BCUT2D eigenvalue weighted by atomic mass is 10.0. The van der Waals surface area contributed by atoms with Gasteiger partial charge >= 0.3 is 6.18 Å². The monoisotopic (exact) mass is 320 g/mol. The van der Waals surface area contributed by atoms with E-state index in [9.17, 15) is 18.3 Å². The summed E-state index contributed by atoms with van der Waals surface area (Å²) in [5.41, 5.74) is 6.23. The first-order valence-electron chi connectivity index (χ1n) is 6.57. The van der Waals surface area contributed by atoms with Gasteiger partial charge in [-0.25, -0.2) is 4.98 Å². The Morgan fingerprint density at radius 1 is 1.09 bits per heavy atom. The van der Waals surface area contributed by atoms with Gasteiger partial charge in [0.15, 0.2) is 5.82 Å². The molecule has 118 valence electrons. The third kappa shape index (κ3) is 2.63. The zero-order chi connectivity index (χ0) is 16.8. The van der Waals surface area contributed by atoms with Crippen molar-refractivity contribution in [1.82, 2.24) is 15.2 Å². The number of aromatic nitrogens is 3. The van der Waals surface area contributed by atoms with Gasteiger partial charge in [-0.3, -0.25) is 0 Å². The van der Waals surface area contributed by atoms with Crippen LogP contribution in [0.4, 0.5) is 19.0 Å². The van der Waals surface area contributed by atoms with Crippen LogP contribution in [0.5, 0.6) is 5.75 Å². The van der Waals surface area contributed by atoms with Crippen LogP contribution in [0.1, 0.15) is 11.3 Å². The van der Waals surface area contributed by atoms with E-state index in [4.69, 9.17) is 5.73 Å². The van der Waals surface area contributed by atoms with Crippen molar-refractivity contribution in [3.8, 4) is 17.0 Å². The van der Waals surface area contributed by atoms with Gasteiger partial charge in [0.05, 0.1) is 5.56 Å². The molecule has 0 bridgehead atoms. The molecule has 8 heteroatoms. The fourth-order valence-corrected chi connectivity index (χ4v) is 2.26. The van der Waals surface area contributed by atoms with Crippen LogP contribution in [0.25, 0.3) is 22.2 Å². The van der Waals surface area contributed by atoms with Crippen LogP contribution in [0.3, 0.4) is 0 Å². The third-order valence-corrected chi connectivity index (χ3v) is 3.37. The van der Waals surface area contributed by atoms with E-state index in [0.717, 1.165) is 12.1 Å². The Labute approximate surface area is 128 Å². The number of aryl methyl sites for hydroxylation is 1. The second-order valence-electron chi connectivity index (χ2n) is 5.01. The van der Waals surface area contributed by atoms with Gasteiger partial charge in [0, 0.05) is 16.6 Å². The molecule has 0 spiro atoms. The number of rotatable bonds is 1. The summed E-state index contributed by atoms with van der Waals surface area (Å²) in [4.78, 5) is 4.26. The summed E-state index contributed by atoms with van der Waals surface area (Å²) in [7, 11) is 0. The first kappa shape index (κ1) is 15.0. The predicted octanol–water partition coefficient (Wildman–Crippen LogP) is 3.31. The van der Waals surface area contributed by atoms with E-state index in [0.29, 0.717) is 22.7 Å². The topological polar surface area (TPSA) is 84.9 Å². The van der Waals surface area contributed by atoms with E-state index in [1.165, 1.54) is 0 Å². The number of nitrogens with two attached hydrogens (primary N) is 1. The molecule has 2 heterocycles. The first-order valence-corrected chi connectivity index (χ1v) is 6.57. The van der Waals surface area contributed by atoms with Gasteiger partial charge in [-0.05, 0) is 37.3 Å². The lowest BCUT2D eigenvalue weighted by Crippen LogP contribution is -2.05. The molecule has 0 radical (unpaired) electrons. The summed E-state index contributed by atoms with van der Waals surface area (Å²) in [6.07, 6.45) is -4.54. The van der Waals surface area contributed by atoms with Crippen molar-refractivity contribution in [2.45, 2.75) is 13.1 Å². The normalized spacial score (nSPS) is 11.8. The number of phenols is 1. The fourth-order valence-electron chi connectivity index (χ4n) is 2.26. The highest BCUT2D eigenvalue weighted by molar-refractivity contribution is 5.98. The molecule has 0 aliphatic heterocycles. The molecule has 3 rings (SSSR count). The number of pyridine rings is 1. The summed E-state index contributed by atoms with van der Waals surface area (Å²) in [6.45, 7) is 1.77. The number of hydrogen-bond donors (Lipinski definition) is 2. The van der Waals surface area contributed by atoms with Crippen LogP contribution < -0.4 is 5.73 Å². The van der Waals surface area contributed by atoms with Crippen LogP contribution in [-0.2, 0) is 6.18 Å². The number of halogens is 3. The Hall–Kier alpha value is -2.90. The molecule has 23 heavy (non-hydrogen) atoms. The highest BCUT2D eigenvalue weighted by Crippen LogP contribution is 2.38. The van der Waals surface area contributed by atoms with Gasteiger partial charge in [-0.1, -0.05) is 0 Å². The Morgan fingerprint density at radius 3 is 2.48 bits per heavy atom. The van der Waals surface area contributed by atoms with Crippen LogP contribution in [0, 0.1) is 6.92 Å². The van der Waals surface area contributed by atoms with E-state index in [1.807, 2.05) is 0 Å². The molecule has 3 N–H and O–H groups in total. The molecular weight excluding hydrogens is 309 g/mol. The summed E-state index contributed by atoms with van der Waals surface area (Å²) in [6, 6.07) is 6.09. The van der Waals surface area contributed by atoms with Gasteiger partial charge in [-0.2, -0.15) is 13.2 Å². The van der Waals surface area contributed by atoms with Crippen LogP contribution in [-0.4, -0.2) is 20.3 Å². The van der Waals surface area contributed by atoms with E-state index < -0.39 is 17.5 Å². The van der Waals surface area contributed by atoms with Crippen LogP contribution in [0.15, 0.2) is 30.3 Å². The molecule has 0 fully saturated rings. The van der Waals surface area contributed by atoms with Crippen molar-refractivity contribution in [2.24, 2.45) is 0 Å². The highest BCUT2D eigenvalue weighted by Gasteiger charge is 2.31. The molecule has 0 saturated heterocycles. The molecular formula is C15H11F3N4O. The van der Waals surface area contributed by atoms with Crippen LogP contribution >= 0.6 is 0 Å². The molecule has 0 aliphatic carbocycles. The number of aromatic hydroxyl groups is 1. The summed E-state index contributed by atoms with van der Waals surface area (Å²) < 4.78 is 38.1. The second kappa shape index (κ2) is 5.08. The number of benzene rings is 1. The zero-order valence-corrected chi connectivity index (χ0v) is 11.9. The van der Waals surface area contributed by atoms with Gasteiger partial charge in [0.1, 0.15) is 17.0 Å². The number of hydrogen-bond acceptors (Lipinski definition) is 5. The maximum Gasteiger partial charge on any atom is 0.416 e. The minimum atomic E-state index is -4.54. The number of nitrogens with zero attached hydrogens (tertiary/aromatic N) is 3. The van der Waals surface area contributed by atoms with E-state index >= 15 is 0 Å². The Balaban J connectivity index is 2.24. The Bertz CT molecular complexity index is 909. The number of phenolic OH excluding ortho intramolecular Hbond substituents is 1. The zero-order valence-electron chi connectivity index (χ0n) is 11.9. The van der Waals surface area contributed by atoms with Gasteiger partial charge in [0.2, 0.25) is 0 Å². The Morgan fingerprint density at radius 2 is 1.83 bits per heavy atom. The molecule has 0 amide bonds. The molecule has 2 aromatic heterocycles. The molecule has 0 atom stereocenters. The summed E-state index contributed by atoms with van der Waals surface area (Å²) in [5, 5.41) is 18.1. The largest absolute Gasteiger partial charge is 0.507 e. The minimum absolute atomic E-state index is 0.110. The van der Waals surface area contributed by atoms with Crippen LogP contribution in [0.2, 0.25) is 0 Å². The van der Waals surface area contributed by atoms with Crippen molar-refractivity contribution in [2.75, 3.05) is 5.73 Å². The van der Waals surface area contributed by atoms with Gasteiger partial charge < -0.3 is 10.8 Å². The van der Waals surface area contributed by atoms with Crippen molar-refractivity contribution >= 4 is 16.7 Å². The highest BCUT2D eigenvalue weighted by atomic mass is 19.4. The molecule has 0 aliphatic rings. The van der Waals surface area contributed by atoms with E-state index in [2.05, 4.69) is 15.2 Å².